The molecule has 1 fully saturated rings. The van der Waals surface area contributed by atoms with E-state index in [4.69, 9.17) is 0 Å². The standard InChI is InChI=1S/C13H18N2O2/c1-10(15-6-4-14-5-7-15)11-2-3-13(17)12(8-11)9-16/h2-3,8-10,14,17H,4-7H2,1H3. The van der Waals surface area contributed by atoms with Gasteiger partial charge in [-0.25, -0.2) is 0 Å². The summed E-state index contributed by atoms with van der Waals surface area (Å²) in [6, 6.07) is 5.53. The average molecular weight is 234 g/mol. The fourth-order valence-electron chi connectivity index (χ4n) is 2.21. The highest BCUT2D eigenvalue weighted by atomic mass is 16.3. The van der Waals surface area contributed by atoms with Crippen LogP contribution < -0.4 is 5.32 Å². The van der Waals surface area contributed by atoms with Crippen LogP contribution in [0.2, 0.25) is 0 Å². The lowest BCUT2D eigenvalue weighted by molar-refractivity contribution is 0.112. The third-order valence-electron chi connectivity index (χ3n) is 3.36. The van der Waals surface area contributed by atoms with Crippen LogP contribution in [-0.2, 0) is 0 Å². The van der Waals surface area contributed by atoms with Crippen molar-refractivity contribution in [2.45, 2.75) is 13.0 Å². The minimum absolute atomic E-state index is 0.0521. The molecule has 1 heterocycles. The predicted octanol–water partition coefficient (Wildman–Crippen LogP) is 1.17. The Labute approximate surface area is 101 Å². The second-order valence-corrected chi connectivity index (χ2v) is 4.40. The van der Waals surface area contributed by atoms with E-state index < -0.39 is 0 Å². The molecule has 0 radical (unpaired) electrons. The Hall–Kier alpha value is -1.39. The lowest BCUT2D eigenvalue weighted by atomic mass is 10.0. The molecule has 1 atom stereocenters. The van der Waals surface area contributed by atoms with Crippen LogP contribution in [-0.4, -0.2) is 42.5 Å². The molecule has 0 aromatic heterocycles. The molecule has 1 aliphatic rings. The molecule has 1 aliphatic heterocycles. The van der Waals surface area contributed by atoms with Gasteiger partial charge in [-0.3, -0.25) is 9.69 Å². The molecule has 0 spiro atoms. The predicted molar refractivity (Wildman–Crippen MR) is 66.4 cm³/mol. The molecule has 0 aliphatic carbocycles. The minimum Gasteiger partial charge on any atom is -0.507 e. The van der Waals surface area contributed by atoms with Gasteiger partial charge >= 0.3 is 0 Å². The maximum absolute atomic E-state index is 10.8. The zero-order valence-corrected chi connectivity index (χ0v) is 10.0. The maximum Gasteiger partial charge on any atom is 0.153 e. The number of carbonyl (C=O) groups excluding carboxylic acids is 1. The van der Waals surface area contributed by atoms with Crippen molar-refractivity contribution in [1.29, 1.82) is 0 Å². The Morgan fingerprint density at radius 2 is 2.12 bits per heavy atom. The van der Waals surface area contributed by atoms with E-state index in [1.807, 2.05) is 6.07 Å². The number of hydrogen-bond acceptors (Lipinski definition) is 4. The third kappa shape index (κ3) is 2.65. The number of phenolic OH excluding ortho intramolecular Hbond substituents is 1. The molecule has 2 N–H and O–H groups in total. The zero-order chi connectivity index (χ0) is 12.3. The molecule has 1 saturated heterocycles. The number of rotatable bonds is 3. The molecule has 4 nitrogen and oxygen atoms in total. The number of carbonyl (C=O) groups is 1. The van der Waals surface area contributed by atoms with E-state index in [2.05, 4.69) is 17.1 Å². The molecule has 0 amide bonds. The molecule has 1 aromatic rings. The highest BCUT2D eigenvalue weighted by Crippen LogP contribution is 2.25. The average Bonchev–Trinajstić information content (AvgIpc) is 2.39. The van der Waals surface area contributed by atoms with E-state index in [-0.39, 0.29) is 11.8 Å². The highest BCUT2D eigenvalue weighted by molar-refractivity contribution is 5.79. The summed E-state index contributed by atoms with van der Waals surface area (Å²) < 4.78 is 0. The molecule has 1 unspecified atom stereocenters. The summed E-state index contributed by atoms with van der Waals surface area (Å²) in [6.45, 7) is 6.16. The molecular formula is C13H18N2O2. The molecule has 1 aromatic carbocycles. The van der Waals surface area contributed by atoms with Gasteiger partial charge in [0.2, 0.25) is 0 Å². The van der Waals surface area contributed by atoms with Gasteiger partial charge in [0, 0.05) is 32.2 Å². The van der Waals surface area contributed by atoms with E-state index in [0.29, 0.717) is 11.8 Å². The fraction of sp³-hybridized carbons (Fsp3) is 0.462. The van der Waals surface area contributed by atoms with Gasteiger partial charge in [-0.05, 0) is 24.6 Å². The second kappa shape index (κ2) is 5.29. The van der Waals surface area contributed by atoms with Gasteiger partial charge in [0.1, 0.15) is 5.75 Å². The normalized spacial score (nSPS) is 18.9. The van der Waals surface area contributed by atoms with Gasteiger partial charge in [0.05, 0.1) is 5.56 Å². The van der Waals surface area contributed by atoms with Crippen LogP contribution in [0.15, 0.2) is 18.2 Å². The van der Waals surface area contributed by atoms with E-state index in [1.54, 1.807) is 12.1 Å². The van der Waals surface area contributed by atoms with Crippen LogP contribution in [0.4, 0.5) is 0 Å². The Morgan fingerprint density at radius 3 is 2.76 bits per heavy atom. The number of hydrogen-bond donors (Lipinski definition) is 2. The quantitative estimate of drug-likeness (QED) is 0.771. The van der Waals surface area contributed by atoms with Crippen molar-refractivity contribution in [3.8, 4) is 5.75 Å². The van der Waals surface area contributed by atoms with Gasteiger partial charge < -0.3 is 10.4 Å². The number of piperazine rings is 1. The molecule has 2 rings (SSSR count). The Kier molecular flexibility index (Phi) is 3.76. The first-order valence-electron chi connectivity index (χ1n) is 5.95. The van der Waals surface area contributed by atoms with Crippen LogP contribution in [0, 0.1) is 0 Å². The lowest BCUT2D eigenvalue weighted by Gasteiger charge is -2.33. The van der Waals surface area contributed by atoms with Crippen molar-refractivity contribution in [2.75, 3.05) is 26.2 Å². The Bertz CT molecular complexity index is 400. The molecule has 92 valence electrons. The van der Waals surface area contributed by atoms with Crippen LogP contribution in [0.5, 0.6) is 5.75 Å². The Balaban J connectivity index is 2.17. The van der Waals surface area contributed by atoms with Crippen molar-refractivity contribution in [2.24, 2.45) is 0 Å². The van der Waals surface area contributed by atoms with Gasteiger partial charge in [0.15, 0.2) is 6.29 Å². The third-order valence-corrected chi connectivity index (χ3v) is 3.36. The van der Waals surface area contributed by atoms with Crippen molar-refractivity contribution in [1.82, 2.24) is 10.2 Å². The minimum atomic E-state index is 0.0521. The first kappa shape index (κ1) is 12.1. The number of nitrogens with one attached hydrogen (secondary N) is 1. The Morgan fingerprint density at radius 1 is 1.41 bits per heavy atom. The molecule has 0 bridgehead atoms. The summed E-state index contributed by atoms with van der Waals surface area (Å²) in [7, 11) is 0. The van der Waals surface area contributed by atoms with E-state index in [0.717, 1.165) is 31.7 Å². The SMILES string of the molecule is CC(c1ccc(O)c(C=O)c1)N1CCNCC1. The van der Waals surface area contributed by atoms with Crippen LogP contribution in [0.1, 0.15) is 28.9 Å². The summed E-state index contributed by atoms with van der Waals surface area (Å²) in [5.41, 5.74) is 1.44. The van der Waals surface area contributed by atoms with Crippen LogP contribution >= 0.6 is 0 Å². The summed E-state index contributed by atoms with van der Waals surface area (Å²) in [4.78, 5) is 13.2. The molecular weight excluding hydrogens is 216 g/mol. The lowest BCUT2D eigenvalue weighted by Crippen LogP contribution is -2.44. The molecule has 17 heavy (non-hydrogen) atoms. The number of nitrogens with zero attached hydrogens (tertiary/aromatic N) is 1. The molecule has 0 saturated carbocycles. The monoisotopic (exact) mass is 234 g/mol. The fourth-order valence-corrected chi connectivity index (χ4v) is 2.21. The second-order valence-electron chi connectivity index (χ2n) is 4.40. The first-order chi connectivity index (χ1) is 8.22. The summed E-state index contributed by atoms with van der Waals surface area (Å²) in [5, 5.41) is 12.8. The first-order valence-corrected chi connectivity index (χ1v) is 5.95. The van der Waals surface area contributed by atoms with Crippen molar-refractivity contribution >= 4 is 6.29 Å². The zero-order valence-electron chi connectivity index (χ0n) is 10.0. The van der Waals surface area contributed by atoms with Crippen LogP contribution in [0.25, 0.3) is 0 Å². The van der Waals surface area contributed by atoms with Gasteiger partial charge in [0.25, 0.3) is 0 Å². The summed E-state index contributed by atoms with van der Waals surface area (Å²) >= 11 is 0. The number of phenols is 1. The van der Waals surface area contributed by atoms with Crippen molar-refractivity contribution in [3.05, 3.63) is 29.3 Å². The largest absolute Gasteiger partial charge is 0.507 e. The van der Waals surface area contributed by atoms with E-state index >= 15 is 0 Å². The molecule has 4 heteroatoms. The number of aromatic hydroxyl groups is 1. The van der Waals surface area contributed by atoms with E-state index in [1.165, 1.54) is 0 Å². The summed E-state index contributed by atoms with van der Waals surface area (Å²) in [6.07, 6.45) is 0.698. The van der Waals surface area contributed by atoms with Gasteiger partial charge in [-0.1, -0.05) is 6.07 Å². The van der Waals surface area contributed by atoms with Crippen molar-refractivity contribution in [3.63, 3.8) is 0 Å². The smallest absolute Gasteiger partial charge is 0.153 e. The summed E-state index contributed by atoms with van der Waals surface area (Å²) in [5.74, 6) is 0.0521. The topological polar surface area (TPSA) is 52.6 Å². The number of benzene rings is 1. The highest BCUT2D eigenvalue weighted by Gasteiger charge is 2.18. The van der Waals surface area contributed by atoms with E-state index in [9.17, 15) is 9.90 Å². The van der Waals surface area contributed by atoms with Gasteiger partial charge in [-0.15, -0.1) is 0 Å². The van der Waals surface area contributed by atoms with Crippen LogP contribution in [0.3, 0.4) is 0 Å². The number of aldehydes is 1. The maximum atomic E-state index is 10.8. The van der Waals surface area contributed by atoms with Crippen molar-refractivity contribution < 1.29 is 9.90 Å². The van der Waals surface area contributed by atoms with Gasteiger partial charge in [-0.2, -0.15) is 0 Å².